The largest absolute Gasteiger partial charge is 0.380 e. The van der Waals surface area contributed by atoms with Crippen LogP contribution in [0.3, 0.4) is 0 Å². The molecule has 0 aliphatic heterocycles. The van der Waals surface area contributed by atoms with Crippen molar-refractivity contribution in [3.8, 4) is 0 Å². The Balaban J connectivity index is 2.57. The zero-order valence-electron chi connectivity index (χ0n) is 12.4. The standard InChI is InChI=1S/C17H22O3/c1-4-19-17(20-5-2)16-14(12-18-3)11-10-13-8-6-7-9-15(13)16/h6-11,17H,4-5,12H2,1-3H3. The van der Waals surface area contributed by atoms with Gasteiger partial charge in [0.2, 0.25) is 0 Å². The van der Waals surface area contributed by atoms with Crippen molar-refractivity contribution in [3.63, 3.8) is 0 Å². The molecule has 2 aromatic rings. The predicted molar refractivity (Wildman–Crippen MR) is 80.7 cm³/mol. The van der Waals surface area contributed by atoms with Crippen molar-refractivity contribution >= 4 is 10.8 Å². The van der Waals surface area contributed by atoms with Crippen LogP contribution in [0.1, 0.15) is 31.3 Å². The molecule has 0 unspecified atom stereocenters. The summed E-state index contributed by atoms with van der Waals surface area (Å²) in [6.07, 6.45) is -0.346. The Morgan fingerprint density at radius 3 is 2.30 bits per heavy atom. The third kappa shape index (κ3) is 3.18. The summed E-state index contributed by atoms with van der Waals surface area (Å²) in [6, 6.07) is 12.5. The molecule has 0 aliphatic rings. The summed E-state index contributed by atoms with van der Waals surface area (Å²) in [5.41, 5.74) is 2.19. The summed E-state index contributed by atoms with van der Waals surface area (Å²) in [5, 5.41) is 2.35. The van der Waals surface area contributed by atoms with Crippen LogP contribution in [0.2, 0.25) is 0 Å². The van der Waals surface area contributed by atoms with Crippen molar-refractivity contribution in [1.82, 2.24) is 0 Å². The number of fused-ring (bicyclic) bond motifs is 1. The number of methoxy groups -OCH3 is 1. The van der Waals surface area contributed by atoms with Crippen molar-refractivity contribution in [2.24, 2.45) is 0 Å². The lowest BCUT2D eigenvalue weighted by Crippen LogP contribution is -2.12. The van der Waals surface area contributed by atoms with E-state index in [1.165, 1.54) is 5.39 Å². The van der Waals surface area contributed by atoms with Gasteiger partial charge in [0.15, 0.2) is 6.29 Å². The highest BCUT2D eigenvalue weighted by atomic mass is 16.7. The average Bonchev–Trinajstić information content (AvgIpc) is 2.47. The van der Waals surface area contributed by atoms with Gasteiger partial charge in [0.25, 0.3) is 0 Å². The molecule has 0 saturated carbocycles. The van der Waals surface area contributed by atoms with Gasteiger partial charge in [0.1, 0.15) is 0 Å². The molecule has 0 radical (unpaired) electrons. The third-order valence-electron chi connectivity index (χ3n) is 3.23. The van der Waals surface area contributed by atoms with Gasteiger partial charge in [-0.2, -0.15) is 0 Å². The van der Waals surface area contributed by atoms with Gasteiger partial charge in [-0.1, -0.05) is 36.4 Å². The van der Waals surface area contributed by atoms with E-state index in [2.05, 4.69) is 24.3 Å². The van der Waals surface area contributed by atoms with Crippen LogP contribution in [0.4, 0.5) is 0 Å². The predicted octanol–water partition coefficient (Wildman–Crippen LogP) is 4.06. The molecule has 0 fully saturated rings. The minimum Gasteiger partial charge on any atom is -0.380 e. The fourth-order valence-corrected chi connectivity index (χ4v) is 2.42. The molecule has 0 heterocycles. The zero-order valence-corrected chi connectivity index (χ0v) is 12.4. The van der Waals surface area contributed by atoms with E-state index in [4.69, 9.17) is 14.2 Å². The number of benzene rings is 2. The molecule has 0 saturated heterocycles. The maximum absolute atomic E-state index is 5.79. The van der Waals surface area contributed by atoms with Crippen molar-refractivity contribution in [1.29, 1.82) is 0 Å². The molecule has 0 aromatic heterocycles. The van der Waals surface area contributed by atoms with E-state index in [-0.39, 0.29) is 6.29 Å². The van der Waals surface area contributed by atoms with Gasteiger partial charge in [-0.3, -0.25) is 0 Å². The molecular weight excluding hydrogens is 252 g/mol. The first-order valence-corrected chi connectivity index (χ1v) is 7.04. The molecular formula is C17H22O3. The highest BCUT2D eigenvalue weighted by Gasteiger charge is 2.18. The van der Waals surface area contributed by atoms with Gasteiger partial charge in [-0.25, -0.2) is 0 Å². The molecule has 0 atom stereocenters. The van der Waals surface area contributed by atoms with Gasteiger partial charge in [-0.15, -0.1) is 0 Å². The molecule has 0 amide bonds. The Morgan fingerprint density at radius 1 is 0.950 bits per heavy atom. The summed E-state index contributed by atoms with van der Waals surface area (Å²) in [4.78, 5) is 0. The van der Waals surface area contributed by atoms with Gasteiger partial charge < -0.3 is 14.2 Å². The lowest BCUT2D eigenvalue weighted by molar-refractivity contribution is -0.140. The Morgan fingerprint density at radius 2 is 1.65 bits per heavy atom. The lowest BCUT2D eigenvalue weighted by atomic mass is 9.98. The summed E-state index contributed by atoms with van der Waals surface area (Å²) < 4.78 is 16.9. The van der Waals surface area contributed by atoms with Crippen LogP contribution in [0.15, 0.2) is 36.4 Å². The van der Waals surface area contributed by atoms with E-state index in [0.29, 0.717) is 19.8 Å². The Labute approximate surface area is 120 Å². The van der Waals surface area contributed by atoms with Crippen molar-refractivity contribution < 1.29 is 14.2 Å². The van der Waals surface area contributed by atoms with Crippen LogP contribution in [0, 0.1) is 0 Å². The van der Waals surface area contributed by atoms with Crippen molar-refractivity contribution in [2.75, 3.05) is 20.3 Å². The molecule has 20 heavy (non-hydrogen) atoms. The van der Waals surface area contributed by atoms with Crippen LogP contribution >= 0.6 is 0 Å². The molecule has 3 heteroatoms. The van der Waals surface area contributed by atoms with Crippen molar-refractivity contribution in [3.05, 3.63) is 47.5 Å². The third-order valence-corrected chi connectivity index (χ3v) is 3.23. The Bertz CT molecular complexity index is 545. The summed E-state index contributed by atoms with van der Waals surface area (Å²) in [7, 11) is 1.70. The van der Waals surface area contributed by atoms with Gasteiger partial charge in [0, 0.05) is 25.9 Å². The highest BCUT2D eigenvalue weighted by Crippen LogP contribution is 2.31. The maximum Gasteiger partial charge on any atom is 0.184 e. The zero-order chi connectivity index (χ0) is 14.4. The van der Waals surface area contributed by atoms with Gasteiger partial charge in [-0.05, 0) is 30.2 Å². The molecule has 0 spiro atoms. The second-order valence-corrected chi connectivity index (χ2v) is 4.54. The van der Waals surface area contributed by atoms with Gasteiger partial charge >= 0.3 is 0 Å². The number of hydrogen-bond acceptors (Lipinski definition) is 3. The quantitative estimate of drug-likeness (QED) is 0.713. The van der Waals surface area contributed by atoms with Crippen LogP contribution in [-0.2, 0) is 20.8 Å². The van der Waals surface area contributed by atoms with E-state index in [9.17, 15) is 0 Å². The van der Waals surface area contributed by atoms with Crippen molar-refractivity contribution in [2.45, 2.75) is 26.7 Å². The Hall–Kier alpha value is -1.42. The molecule has 2 rings (SSSR count). The van der Waals surface area contributed by atoms with Gasteiger partial charge in [0.05, 0.1) is 6.61 Å². The first-order valence-electron chi connectivity index (χ1n) is 7.04. The lowest BCUT2D eigenvalue weighted by Gasteiger charge is -2.22. The summed E-state index contributed by atoms with van der Waals surface area (Å²) in [5.74, 6) is 0. The molecule has 0 aliphatic carbocycles. The minimum atomic E-state index is -0.346. The normalized spacial score (nSPS) is 11.4. The topological polar surface area (TPSA) is 27.7 Å². The van der Waals surface area contributed by atoms with Crippen LogP contribution in [-0.4, -0.2) is 20.3 Å². The number of hydrogen-bond donors (Lipinski definition) is 0. The molecule has 3 nitrogen and oxygen atoms in total. The minimum absolute atomic E-state index is 0.346. The smallest absolute Gasteiger partial charge is 0.184 e. The van der Waals surface area contributed by atoms with Crippen LogP contribution in [0.25, 0.3) is 10.8 Å². The summed E-state index contributed by atoms with van der Waals surface area (Å²) in [6.45, 7) is 5.73. The second kappa shape index (κ2) is 7.39. The SMILES string of the molecule is CCOC(OCC)c1c(COC)ccc2ccccc12. The highest BCUT2D eigenvalue weighted by molar-refractivity contribution is 5.87. The van der Waals surface area contributed by atoms with E-state index in [1.807, 2.05) is 26.0 Å². The monoisotopic (exact) mass is 274 g/mol. The molecule has 108 valence electrons. The van der Waals surface area contributed by atoms with Crippen LogP contribution in [0.5, 0.6) is 0 Å². The van der Waals surface area contributed by atoms with E-state index in [0.717, 1.165) is 16.5 Å². The Kier molecular flexibility index (Phi) is 5.53. The first-order chi connectivity index (χ1) is 9.81. The maximum atomic E-state index is 5.79. The van der Waals surface area contributed by atoms with E-state index in [1.54, 1.807) is 7.11 Å². The van der Waals surface area contributed by atoms with Crippen LogP contribution < -0.4 is 0 Å². The number of ether oxygens (including phenoxy) is 3. The number of rotatable bonds is 7. The second-order valence-electron chi connectivity index (χ2n) is 4.54. The fourth-order valence-electron chi connectivity index (χ4n) is 2.42. The average molecular weight is 274 g/mol. The molecule has 2 aromatic carbocycles. The summed E-state index contributed by atoms with van der Waals surface area (Å²) >= 11 is 0. The first kappa shape index (κ1) is 15.0. The van der Waals surface area contributed by atoms with E-state index >= 15 is 0 Å². The fraction of sp³-hybridized carbons (Fsp3) is 0.412. The van der Waals surface area contributed by atoms with E-state index < -0.39 is 0 Å². The molecule has 0 bridgehead atoms. The molecule has 0 N–H and O–H groups in total.